The average molecular weight is 291 g/mol. The molecule has 17 heavy (non-hydrogen) atoms. The summed E-state index contributed by atoms with van der Waals surface area (Å²) in [6.45, 7) is 2.21. The Bertz CT molecular complexity index is 471. The highest BCUT2D eigenvalue weighted by Gasteiger charge is 2.07. The van der Waals surface area contributed by atoms with E-state index in [1.807, 2.05) is 30.6 Å². The maximum absolute atomic E-state index is 4.38. The Hall–Kier alpha value is -1.22. The minimum Gasteiger partial charge on any atom is -0.261 e. The minimum atomic E-state index is 0.469. The van der Waals surface area contributed by atoms with E-state index in [4.69, 9.17) is 0 Å². The fourth-order valence-corrected chi connectivity index (χ4v) is 2.15. The third-order valence-corrected chi connectivity index (χ3v) is 3.30. The molecule has 2 aromatic heterocycles. The Morgan fingerprint density at radius 3 is 2.76 bits per heavy atom. The molecule has 0 aliphatic rings. The number of pyridine rings is 2. The van der Waals surface area contributed by atoms with Crippen LogP contribution in [0.4, 0.5) is 0 Å². The van der Waals surface area contributed by atoms with E-state index in [1.54, 1.807) is 0 Å². The van der Waals surface area contributed by atoms with E-state index in [-0.39, 0.29) is 0 Å². The number of nitrogens with zero attached hydrogens (tertiary/aromatic N) is 2. The smallest absolute Gasteiger partial charge is 0.0431 e. The third kappa shape index (κ3) is 3.63. The number of aromatic nitrogens is 2. The van der Waals surface area contributed by atoms with Crippen LogP contribution < -0.4 is 0 Å². The molecular formula is C14H15BrN2. The fraction of sp³-hybridized carbons (Fsp3) is 0.286. The van der Waals surface area contributed by atoms with Gasteiger partial charge in [0.25, 0.3) is 0 Å². The molecule has 3 heteroatoms. The van der Waals surface area contributed by atoms with Crippen molar-refractivity contribution in [3.05, 3.63) is 58.6 Å². The van der Waals surface area contributed by atoms with Gasteiger partial charge in [0.2, 0.25) is 0 Å². The molecule has 0 saturated carbocycles. The summed E-state index contributed by atoms with van der Waals surface area (Å²) in [4.78, 5) is 8.73. The highest BCUT2D eigenvalue weighted by atomic mass is 79.9. The van der Waals surface area contributed by atoms with Crippen molar-refractivity contribution in [1.82, 2.24) is 9.97 Å². The zero-order valence-corrected chi connectivity index (χ0v) is 11.4. The predicted molar refractivity (Wildman–Crippen MR) is 72.9 cm³/mol. The molecule has 0 aromatic carbocycles. The molecule has 0 amide bonds. The van der Waals surface area contributed by atoms with Crippen LogP contribution in [0, 0.1) is 0 Å². The van der Waals surface area contributed by atoms with Crippen molar-refractivity contribution in [1.29, 1.82) is 0 Å². The van der Waals surface area contributed by atoms with Crippen molar-refractivity contribution in [2.45, 2.75) is 25.7 Å². The number of halogens is 1. The topological polar surface area (TPSA) is 25.8 Å². The Morgan fingerprint density at radius 1 is 1.18 bits per heavy atom. The first kappa shape index (κ1) is 12.2. The van der Waals surface area contributed by atoms with Gasteiger partial charge in [0.15, 0.2) is 0 Å². The van der Waals surface area contributed by atoms with Crippen molar-refractivity contribution in [2.75, 3.05) is 0 Å². The summed E-state index contributed by atoms with van der Waals surface area (Å²) in [7, 11) is 0. The molecule has 2 aromatic rings. The van der Waals surface area contributed by atoms with Gasteiger partial charge in [0.1, 0.15) is 0 Å². The second kappa shape index (κ2) is 5.92. The van der Waals surface area contributed by atoms with Crippen LogP contribution in [0.15, 0.2) is 47.2 Å². The summed E-state index contributed by atoms with van der Waals surface area (Å²) in [5.41, 5.74) is 2.28. The van der Waals surface area contributed by atoms with Crippen LogP contribution in [0.5, 0.6) is 0 Å². The van der Waals surface area contributed by atoms with Crippen molar-refractivity contribution in [3.8, 4) is 0 Å². The van der Waals surface area contributed by atoms with Crippen LogP contribution >= 0.6 is 15.9 Å². The molecule has 0 spiro atoms. The Balaban J connectivity index is 1.95. The lowest BCUT2D eigenvalue weighted by Crippen LogP contribution is -1.99. The summed E-state index contributed by atoms with van der Waals surface area (Å²) in [6.07, 6.45) is 5.74. The summed E-state index contributed by atoms with van der Waals surface area (Å²) in [5, 5.41) is 0. The van der Waals surface area contributed by atoms with Crippen molar-refractivity contribution in [2.24, 2.45) is 0 Å². The van der Waals surface area contributed by atoms with Crippen molar-refractivity contribution in [3.63, 3.8) is 0 Å². The Kier molecular flexibility index (Phi) is 4.26. The van der Waals surface area contributed by atoms with E-state index in [0.717, 1.165) is 28.7 Å². The van der Waals surface area contributed by atoms with Crippen LogP contribution in [-0.4, -0.2) is 9.97 Å². The molecular weight excluding hydrogens is 276 g/mol. The summed E-state index contributed by atoms with van der Waals surface area (Å²) in [5.74, 6) is 0.469. The van der Waals surface area contributed by atoms with Gasteiger partial charge in [-0.1, -0.05) is 28.9 Å². The molecule has 0 aliphatic carbocycles. The molecule has 0 N–H and O–H groups in total. The lowest BCUT2D eigenvalue weighted by molar-refractivity contribution is 0.653. The quantitative estimate of drug-likeness (QED) is 0.851. The SMILES string of the molecule is CC(CCc1cc(Br)ccn1)c1ccccn1. The predicted octanol–water partition coefficient (Wildman–Crippen LogP) is 3.98. The second-order valence-electron chi connectivity index (χ2n) is 4.16. The lowest BCUT2D eigenvalue weighted by atomic mass is 10.00. The van der Waals surface area contributed by atoms with Gasteiger partial charge in [0, 0.05) is 28.3 Å². The maximum Gasteiger partial charge on any atom is 0.0431 e. The van der Waals surface area contributed by atoms with E-state index in [0.29, 0.717) is 5.92 Å². The van der Waals surface area contributed by atoms with Gasteiger partial charge in [-0.2, -0.15) is 0 Å². The van der Waals surface area contributed by atoms with Crippen LogP contribution in [-0.2, 0) is 6.42 Å². The molecule has 0 radical (unpaired) electrons. The molecule has 1 atom stereocenters. The molecule has 0 aliphatic heterocycles. The number of rotatable bonds is 4. The summed E-state index contributed by atoms with van der Waals surface area (Å²) >= 11 is 3.46. The van der Waals surface area contributed by atoms with E-state index < -0.39 is 0 Å². The highest BCUT2D eigenvalue weighted by Crippen LogP contribution is 2.19. The van der Waals surface area contributed by atoms with E-state index in [2.05, 4.69) is 45.0 Å². The van der Waals surface area contributed by atoms with E-state index in [1.165, 1.54) is 0 Å². The van der Waals surface area contributed by atoms with Gasteiger partial charge in [0.05, 0.1) is 0 Å². The second-order valence-corrected chi connectivity index (χ2v) is 5.08. The Labute approximate surface area is 110 Å². The van der Waals surface area contributed by atoms with Gasteiger partial charge < -0.3 is 0 Å². The van der Waals surface area contributed by atoms with Crippen molar-refractivity contribution >= 4 is 15.9 Å². The van der Waals surface area contributed by atoms with Gasteiger partial charge in [-0.05, 0) is 43.0 Å². The normalized spacial score (nSPS) is 12.4. The van der Waals surface area contributed by atoms with Gasteiger partial charge in [-0.15, -0.1) is 0 Å². The largest absolute Gasteiger partial charge is 0.261 e. The first-order valence-electron chi connectivity index (χ1n) is 5.77. The van der Waals surface area contributed by atoms with Crippen molar-refractivity contribution < 1.29 is 0 Å². The zero-order valence-electron chi connectivity index (χ0n) is 9.81. The van der Waals surface area contributed by atoms with E-state index in [9.17, 15) is 0 Å². The number of hydrogen-bond acceptors (Lipinski definition) is 2. The molecule has 0 saturated heterocycles. The lowest BCUT2D eigenvalue weighted by Gasteiger charge is -2.10. The molecule has 2 rings (SSSR count). The van der Waals surface area contributed by atoms with Crippen LogP contribution in [0.2, 0.25) is 0 Å². The summed E-state index contributed by atoms with van der Waals surface area (Å²) < 4.78 is 1.09. The monoisotopic (exact) mass is 290 g/mol. The Morgan fingerprint density at radius 2 is 2.06 bits per heavy atom. The maximum atomic E-state index is 4.38. The zero-order chi connectivity index (χ0) is 12.1. The fourth-order valence-electron chi connectivity index (χ4n) is 1.77. The van der Waals surface area contributed by atoms with Gasteiger partial charge in [-0.25, -0.2) is 0 Å². The number of aryl methyl sites for hydroxylation is 1. The van der Waals surface area contributed by atoms with Gasteiger partial charge >= 0.3 is 0 Å². The average Bonchev–Trinajstić information content (AvgIpc) is 2.37. The first-order chi connectivity index (χ1) is 8.25. The molecule has 1 unspecified atom stereocenters. The van der Waals surface area contributed by atoms with Crippen LogP contribution in [0.1, 0.15) is 30.7 Å². The van der Waals surface area contributed by atoms with E-state index >= 15 is 0 Å². The standard InChI is InChI=1S/C14H15BrN2/c1-11(14-4-2-3-8-17-14)5-6-13-10-12(15)7-9-16-13/h2-4,7-11H,5-6H2,1H3. The minimum absolute atomic E-state index is 0.469. The highest BCUT2D eigenvalue weighted by molar-refractivity contribution is 9.10. The molecule has 0 fully saturated rings. The van der Waals surface area contributed by atoms with Crippen LogP contribution in [0.25, 0.3) is 0 Å². The van der Waals surface area contributed by atoms with Gasteiger partial charge in [-0.3, -0.25) is 9.97 Å². The number of hydrogen-bond donors (Lipinski definition) is 0. The molecule has 0 bridgehead atoms. The van der Waals surface area contributed by atoms with Crippen LogP contribution in [0.3, 0.4) is 0 Å². The molecule has 2 nitrogen and oxygen atoms in total. The first-order valence-corrected chi connectivity index (χ1v) is 6.56. The third-order valence-electron chi connectivity index (χ3n) is 2.80. The summed E-state index contributed by atoms with van der Waals surface area (Å²) in [6, 6.07) is 10.1. The molecule has 88 valence electrons. The molecule has 2 heterocycles.